The van der Waals surface area contributed by atoms with Gasteiger partial charge in [-0.05, 0) is 17.5 Å². The molecule has 0 spiro atoms. The molecule has 0 bridgehead atoms. The highest BCUT2D eigenvalue weighted by Crippen LogP contribution is 2.41. The highest BCUT2D eigenvalue weighted by molar-refractivity contribution is 6.31. The number of aliphatic hydroxyl groups excluding tert-OH is 1. The summed E-state index contributed by atoms with van der Waals surface area (Å²) in [6.07, 6.45) is -1.08. The molecule has 0 saturated carbocycles. The number of rotatable bonds is 6. The lowest BCUT2D eigenvalue weighted by Gasteiger charge is -2.26. The molecule has 0 aromatic heterocycles. The number of anilines is 1. The Balaban J connectivity index is 2.62. The molecule has 1 amide bonds. The normalized spacial score (nSPS) is 13.0. The molecule has 164 valence electrons. The number of ether oxygens (including phenoxy) is 2. The lowest BCUT2D eigenvalue weighted by Crippen LogP contribution is -2.29. The molecule has 0 heterocycles. The van der Waals surface area contributed by atoms with Crippen molar-refractivity contribution in [1.29, 1.82) is 0 Å². The summed E-state index contributed by atoms with van der Waals surface area (Å²) >= 11 is 6.37. The van der Waals surface area contributed by atoms with Crippen molar-refractivity contribution in [2.75, 3.05) is 19.0 Å². The summed E-state index contributed by atoms with van der Waals surface area (Å²) < 4.78 is 11.4. The van der Waals surface area contributed by atoms with Crippen LogP contribution < -0.4 is 14.8 Å². The Bertz CT molecular complexity index is 897. The van der Waals surface area contributed by atoms with Crippen LogP contribution in [-0.2, 0) is 4.79 Å². The van der Waals surface area contributed by atoms with Gasteiger partial charge in [-0.1, -0.05) is 71.3 Å². The number of carbonyl (C=O) groups is 1. The van der Waals surface area contributed by atoms with Crippen LogP contribution in [0.25, 0.3) is 0 Å². The molecule has 2 aromatic carbocycles. The Hall–Kier alpha value is -2.24. The van der Waals surface area contributed by atoms with Gasteiger partial charge in [0.05, 0.1) is 19.4 Å². The molecule has 0 saturated heterocycles. The van der Waals surface area contributed by atoms with Gasteiger partial charge in [0.15, 0.2) is 0 Å². The van der Waals surface area contributed by atoms with Gasteiger partial charge >= 0.3 is 0 Å². The Kier molecular flexibility index (Phi) is 7.43. The predicted molar refractivity (Wildman–Crippen MR) is 122 cm³/mol. The number of halogens is 1. The van der Waals surface area contributed by atoms with E-state index in [1.54, 1.807) is 31.4 Å². The van der Waals surface area contributed by atoms with Crippen LogP contribution in [0.2, 0.25) is 5.02 Å². The molecule has 0 aliphatic carbocycles. The second kappa shape index (κ2) is 9.27. The van der Waals surface area contributed by atoms with Crippen molar-refractivity contribution >= 4 is 23.2 Å². The van der Waals surface area contributed by atoms with Gasteiger partial charge in [-0.15, -0.1) is 0 Å². The third-order valence-electron chi connectivity index (χ3n) is 4.41. The monoisotopic (exact) mass is 433 g/mol. The van der Waals surface area contributed by atoms with Gasteiger partial charge in [0.1, 0.15) is 17.6 Å². The van der Waals surface area contributed by atoms with Gasteiger partial charge < -0.3 is 19.9 Å². The van der Waals surface area contributed by atoms with Crippen molar-refractivity contribution in [3.63, 3.8) is 0 Å². The van der Waals surface area contributed by atoms with E-state index in [-0.39, 0.29) is 11.3 Å². The average molecular weight is 434 g/mol. The van der Waals surface area contributed by atoms with E-state index >= 15 is 0 Å². The zero-order valence-electron chi connectivity index (χ0n) is 18.8. The van der Waals surface area contributed by atoms with Crippen molar-refractivity contribution in [2.24, 2.45) is 10.8 Å². The Morgan fingerprint density at radius 1 is 1.07 bits per heavy atom. The number of amides is 1. The summed E-state index contributed by atoms with van der Waals surface area (Å²) in [5, 5.41) is 14.6. The Morgan fingerprint density at radius 2 is 1.70 bits per heavy atom. The predicted octanol–water partition coefficient (Wildman–Crippen LogP) is 5.84. The first-order valence-corrected chi connectivity index (χ1v) is 10.3. The Morgan fingerprint density at radius 3 is 2.27 bits per heavy atom. The molecule has 0 aliphatic heterocycles. The largest absolute Gasteiger partial charge is 0.496 e. The molecule has 30 heavy (non-hydrogen) atoms. The fraction of sp³-hybridized carbons (Fsp3) is 0.458. The van der Waals surface area contributed by atoms with E-state index < -0.39 is 11.5 Å². The first-order valence-electron chi connectivity index (χ1n) is 9.92. The van der Waals surface area contributed by atoms with Crippen molar-refractivity contribution in [1.82, 2.24) is 0 Å². The SMILES string of the molecule is COc1ccccc1C(O)c1cc(Cl)cc(OCC(C)(C)C)c1NC(=O)C(C)(C)C. The van der Waals surface area contributed by atoms with E-state index in [1.807, 2.05) is 32.9 Å². The minimum Gasteiger partial charge on any atom is -0.496 e. The molecular formula is C24H32ClNO4. The topological polar surface area (TPSA) is 67.8 Å². The van der Waals surface area contributed by atoms with Crippen LogP contribution in [0.3, 0.4) is 0 Å². The van der Waals surface area contributed by atoms with E-state index in [2.05, 4.69) is 26.1 Å². The quantitative estimate of drug-likeness (QED) is 0.600. The van der Waals surface area contributed by atoms with E-state index in [0.717, 1.165) is 0 Å². The van der Waals surface area contributed by atoms with E-state index in [0.29, 0.717) is 39.9 Å². The maximum absolute atomic E-state index is 12.8. The number of para-hydroxylation sites is 1. The lowest BCUT2D eigenvalue weighted by atomic mass is 9.94. The number of carbonyl (C=O) groups excluding carboxylic acids is 1. The van der Waals surface area contributed by atoms with Gasteiger partial charge in [-0.3, -0.25) is 4.79 Å². The molecule has 5 nitrogen and oxygen atoms in total. The second-order valence-electron chi connectivity index (χ2n) is 9.57. The fourth-order valence-electron chi connectivity index (χ4n) is 2.72. The Labute approximate surface area is 184 Å². The fourth-order valence-corrected chi connectivity index (χ4v) is 2.94. The number of hydrogen-bond acceptors (Lipinski definition) is 4. The number of nitrogens with one attached hydrogen (secondary N) is 1. The highest BCUT2D eigenvalue weighted by atomic mass is 35.5. The van der Waals surface area contributed by atoms with Gasteiger partial charge in [0, 0.05) is 27.6 Å². The van der Waals surface area contributed by atoms with Crippen molar-refractivity contribution in [2.45, 2.75) is 47.6 Å². The summed E-state index contributed by atoms with van der Waals surface area (Å²) in [5.74, 6) is 0.758. The van der Waals surface area contributed by atoms with Crippen molar-refractivity contribution < 1.29 is 19.4 Å². The van der Waals surface area contributed by atoms with Gasteiger partial charge in [-0.25, -0.2) is 0 Å². The standard InChI is InChI=1S/C24H32ClNO4/c1-23(2,3)14-30-19-13-15(25)12-17(20(19)26-22(28)24(4,5)6)21(27)16-10-8-9-11-18(16)29-7/h8-13,21,27H,14H2,1-7H3,(H,26,28). The van der Waals surface area contributed by atoms with Crippen LogP contribution in [0, 0.1) is 10.8 Å². The lowest BCUT2D eigenvalue weighted by molar-refractivity contribution is -0.123. The van der Waals surface area contributed by atoms with E-state index in [4.69, 9.17) is 21.1 Å². The summed E-state index contributed by atoms with van der Waals surface area (Å²) in [6, 6.07) is 10.5. The van der Waals surface area contributed by atoms with Crippen LogP contribution in [0.15, 0.2) is 36.4 Å². The minimum atomic E-state index is -1.08. The number of aliphatic hydroxyl groups is 1. The molecular weight excluding hydrogens is 402 g/mol. The second-order valence-corrected chi connectivity index (χ2v) is 10.0. The van der Waals surface area contributed by atoms with Gasteiger partial charge in [-0.2, -0.15) is 0 Å². The summed E-state index contributed by atoms with van der Waals surface area (Å²) in [7, 11) is 1.55. The number of methoxy groups -OCH3 is 1. The highest BCUT2D eigenvalue weighted by Gasteiger charge is 2.28. The zero-order chi connectivity index (χ0) is 22.7. The molecule has 0 aliphatic rings. The molecule has 0 fully saturated rings. The van der Waals surface area contributed by atoms with Gasteiger partial charge in [0.2, 0.25) is 5.91 Å². The molecule has 0 radical (unpaired) electrons. The maximum atomic E-state index is 12.8. The third-order valence-corrected chi connectivity index (χ3v) is 4.62. The number of hydrogen-bond donors (Lipinski definition) is 2. The van der Waals surface area contributed by atoms with Crippen LogP contribution in [0.5, 0.6) is 11.5 Å². The van der Waals surface area contributed by atoms with Crippen LogP contribution in [0.4, 0.5) is 5.69 Å². The van der Waals surface area contributed by atoms with Gasteiger partial charge in [0.25, 0.3) is 0 Å². The van der Waals surface area contributed by atoms with E-state index in [9.17, 15) is 9.90 Å². The molecule has 2 N–H and O–H groups in total. The third kappa shape index (κ3) is 6.13. The van der Waals surface area contributed by atoms with Crippen molar-refractivity contribution in [3.05, 3.63) is 52.5 Å². The molecule has 1 unspecified atom stereocenters. The molecule has 2 rings (SSSR count). The van der Waals surface area contributed by atoms with Crippen molar-refractivity contribution in [3.8, 4) is 11.5 Å². The summed E-state index contributed by atoms with van der Waals surface area (Å²) in [5.41, 5.74) is 0.675. The first-order chi connectivity index (χ1) is 13.8. The maximum Gasteiger partial charge on any atom is 0.229 e. The molecule has 2 aromatic rings. The zero-order valence-corrected chi connectivity index (χ0v) is 19.6. The first kappa shape index (κ1) is 24.0. The summed E-state index contributed by atoms with van der Waals surface area (Å²) in [4.78, 5) is 12.8. The molecule has 1 atom stereocenters. The number of benzene rings is 2. The molecule has 6 heteroatoms. The smallest absolute Gasteiger partial charge is 0.229 e. The minimum absolute atomic E-state index is 0.102. The van der Waals surface area contributed by atoms with E-state index in [1.165, 1.54) is 0 Å². The van der Waals surface area contributed by atoms with Crippen LogP contribution in [-0.4, -0.2) is 24.7 Å². The van der Waals surface area contributed by atoms with Crippen LogP contribution in [0.1, 0.15) is 58.8 Å². The summed E-state index contributed by atoms with van der Waals surface area (Å²) in [6.45, 7) is 12.0. The van der Waals surface area contributed by atoms with Crippen LogP contribution >= 0.6 is 11.6 Å². The average Bonchev–Trinajstić information content (AvgIpc) is 2.65.